The van der Waals surface area contributed by atoms with Gasteiger partial charge in [-0.2, -0.15) is 26.3 Å². The van der Waals surface area contributed by atoms with Crippen molar-refractivity contribution in [3.63, 3.8) is 0 Å². The van der Waals surface area contributed by atoms with Gasteiger partial charge in [0.15, 0.2) is 0 Å². The van der Waals surface area contributed by atoms with Crippen LogP contribution in [-0.4, -0.2) is 21.9 Å². The molecular formula is C13H9F7N2S. The average molecular weight is 358 g/mol. The Morgan fingerprint density at radius 2 is 1.61 bits per heavy atom. The molecule has 0 aliphatic carbocycles. The Bertz CT molecular complexity index is 663. The Labute approximate surface area is 130 Å². The number of alkyl halides is 7. The lowest BCUT2D eigenvalue weighted by Gasteiger charge is -2.32. The molecule has 10 heteroatoms. The summed E-state index contributed by atoms with van der Waals surface area (Å²) in [6, 6.07) is 2.78. The van der Waals surface area contributed by atoms with Gasteiger partial charge in [-0.05, 0) is 29.1 Å². The monoisotopic (exact) mass is 358 g/mol. The van der Waals surface area contributed by atoms with Crippen LogP contribution in [0.3, 0.4) is 0 Å². The summed E-state index contributed by atoms with van der Waals surface area (Å²) in [4.78, 5) is 0.260. The maximum Gasteiger partial charge on any atom is 0.435 e. The molecule has 0 aliphatic heterocycles. The van der Waals surface area contributed by atoms with Crippen molar-refractivity contribution in [1.82, 2.24) is 9.59 Å². The quantitative estimate of drug-likeness (QED) is 0.717. The third-order valence-electron chi connectivity index (χ3n) is 3.31. The Balaban J connectivity index is 2.79. The molecule has 0 N–H and O–H groups in total. The number of aromatic nitrogens is 2. The van der Waals surface area contributed by atoms with E-state index in [2.05, 4.69) is 9.59 Å². The molecule has 2 nitrogen and oxygen atoms in total. The molecule has 0 saturated carbocycles. The van der Waals surface area contributed by atoms with E-state index in [0.29, 0.717) is 6.07 Å². The second-order valence-electron chi connectivity index (χ2n) is 4.62. The van der Waals surface area contributed by atoms with E-state index in [0.717, 1.165) is 17.6 Å². The molecule has 126 valence electrons. The molecule has 23 heavy (non-hydrogen) atoms. The predicted octanol–water partition coefficient (Wildman–Crippen LogP) is 5.06. The van der Waals surface area contributed by atoms with Gasteiger partial charge in [0.05, 0.1) is 11.1 Å². The Hall–Kier alpha value is -1.71. The van der Waals surface area contributed by atoms with Crippen LogP contribution in [0.5, 0.6) is 0 Å². The first kappa shape index (κ1) is 17.6. The molecule has 1 aromatic heterocycles. The maximum atomic E-state index is 14.3. The third kappa shape index (κ3) is 2.79. The summed E-state index contributed by atoms with van der Waals surface area (Å²) in [5.74, 6) is 0. The van der Waals surface area contributed by atoms with Crippen LogP contribution < -0.4 is 0 Å². The first-order valence-corrected chi connectivity index (χ1v) is 7.03. The van der Waals surface area contributed by atoms with E-state index >= 15 is 0 Å². The van der Waals surface area contributed by atoms with Gasteiger partial charge in [-0.15, -0.1) is 5.10 Å². The second-order valence-corrected chi connectivity index (χ2v) is 5.41. The summed E-state index contributed by atoms with van der Waals surface area (Å²) >= 11 is 0.794. The van der Waals surface area contributed by atoms with Crippen molar-refractivity contribution >= 4 is 11.5 Å². The summed E-state index contributed by atoms with van der Waals surface area (Å²) in [5, 5.41) is 3.49. The largest absolute Gasteiger partial charge is 0.435 e. The minimum atomic E-state index is -6.14. The SMILES string of the molecule is CCc1c(-c2cnns2)cccc1C(F)(C(F)(F)F)C(F)(F)F. The summed E-state index contributed by atoms with van der Waals surface area (Å²) in [6.07, 6.45) is -11.3. The number of nitrogens with zero attached hydrogens (tertiary/aromatic N) is 2. The molecule has 0 atom stereocenters. The van der Waals surface area contributed by atoms with Crippen molar-refractivity contribution in [3.8, 4) is 10.4 Å². The van der Waals surface area contributed by atoms with E-state index in [1.165, 1.54) is 19.2 Å². The lowest BCUT2D eigenvalue weighted by molar-refractivity contribution is -0.348. The highest BCUT2D eigenvalue weighted by molar-refractivity contribution is 7.09. The second kappa shape index (κ2) is 5.73. The first-order chi connectivity index (χ1) is 10.5. The van der Waals surface area contributed by atoms with Gasteiger partial charge in [0.2, 0.25) is 0 Å². The summed E-state index contributed by atoms with van der Waals surface area (Å²) in [7, 11) is 0. The average Bonchev–Trinajstić information content (AvgIpc) is 2.97. The number of hydrogen-bond acceptors (Lipinski definition) is 3. The van der Waals surface area contributed by atoms with Gasteiger partial charge < -0.3 is 0 Å². The summed E-state index contributed by atoms with van der Waals surface area (Å²) in [6.45, 7) is 1.35. The Morgan fingerprint density at radius 1 is 1.00 bits per heavy atom. The Morgan fingerprint density at radius 3 is 2.04 bits per heavy atom. The van der Waals surface area contributed by atoms with E-state index < -0.39 is 23.6 Å². The highest BCUT2D eigenvalue weighted by Gasteiger charge is 2.74. The lowest BCUT2D eigenvalue weighted by Crippen LogP contribution is -2.51. The van der Waals surface area contributed by atoms with Crippen LogP contribution in [0.2, 0.25) is 0 Å². The molecular weight excluding hydrogens is 349 g/mol. The fraction of sp³-hybridized carbons (Fsp3) is 0.385. The van der Waals surface area contributed by atoms with Gasteiger partial charge in [0.1, 0.15) is 0 Å². The molecule has 0 unspecified atom stereocenters. The zero-order valence-electron chi connectivity index (χ0n) is 11.5. The van der Waals surface area contributed by atoms with E-state index in [4.69, 9.17) is 0 Å². The fourth-order valence-electron chi connectivity index (χ4n) is 2.27. The maximum absolute atomic E-state index is 14.3. The van der Waals surface area contributed by atoms with Crippen molar-refractivity contribution in [2.75, 3.05) is 0 Å². The molecule has 2 aromatic rings. The van der Waals surface area contributed by atoms with Gasteiger partial charge >= 0.3 is 18.0 Å². The van der Waals surface area contributed by atoms with Gasteiger partial charge in [0, 0.05) is 5.56 Å². The number of halogens is 7. The molecule has 0 amide bonds. The van der Waals surface area contributed by atoms with Crippen LogP contribution in [0.15, 0.2) is 24.4 Å². The molecule has 0 spiro atoms. The topological polar surface area (TPSA) is 25.8 Å². The summed E-state index contributed by atoms with van der Waals surface area (Å²) < 4.78 is 95.6. The van der Waals surface area contributed by atoms with E-state index in [1.807, 2.05) is 0 Å². The minimum Gasteiger partial charge on any atom is -0.218 e. The van der Waals surface area contributed by atoms with E-state index in [-0.39, 0.29) is 22.4 Å². The number of benzene rings is 1. The van der Waals surface area contributed by atoms with Crippen LogP contribution in [0.4, 0.5) is 30.7 Å². The van der Waals surface area contributed by atoms with Gasteiger partial charge in [-0.3, -0.25) is 0 Å². The normalized spacial score (nSPS) is 13.4. The van der Waals surface area contributed by atoms with Crippen molar-refractivity contribution in [2.24, 2.45) is 0 Å². The van der Waals surface area contributed by atoms with Crippen LogP contribution in [0, 0.1) is 0 Å². The van der Waals surface area contributed by atoms with Crippen molar-refractivity contribution < 1.29 is 30.7 Å². The van der Waals surface area contributed by atoms with Crippen LogP contribution in [-0.2, 0) is 12.1 Å². The van der Waals surface area contributed by atoms with Crippen LogP contribution in [0.1, 0.15) is 18.1 Å². The molecule has 0 saturated heterocycles. The molecule has 1 heterocycles. The molecule has 1 aromatic carbocycles. The molecule has 0 fully saturated rings. The minimum absolute atomic E-state index is 0.0514. The highest BCUT2D eigenvalue weighted by atomic mass is 32.1. The Kier molecular flexibility index (Phi) is 4.40. The molecule has 0 bridgehead atoms. The van der Waals surface area contributed by atoms with Crippen molar-refractivity contribution in [1.29, 1.82) is 0 Å². The number of hydrogen-bond donors (Lipinski definition) is 0. The highest BCUT2D eigenvalue weighted by Crippen LogP contribution is 2.54. The zero-order valence-corrected chi connectivity index (χ0v) is 12.3. The van der Waals surface area contributed by atoms with Crippen molar-refractivity contribution in [2.45, 2.75) is 31.4 Å². The van der Waals surface area contributed by atoms with Crippen LogP contribution in [0.25, 0.3) is 10.4 Å². The van der Waals surface area contributed by atoms with Gasteiger partial charge in [-0.1, -0.05) is 29.6 Å². The zero-order chi connectivity index (χ0) is 17.5. The predicted molar refractivity (Wildman–Crippen MR) is 69.6 cm³/mol. The van der Waals surface area contributed by atoms with Gasteiger partial charge in [-0.25, -0.2) is 4.39 Å². The van der Waals surface area contributed by atoms with Gasteiger partial charge in [0.25, 0.3) is 0 Å². The molecule has 0 aliphatic rings. The molecule has 2 rings (SSSR count). The van der Waals surface area contributed by atoms with E-state index in [1.54, 1.807) is 0 Å². The van der Waals surface area contributed by atoms with Crippen molar-refractivity contribution in [3.05, 3.63) is 35.5 Å². The van der Waals surface area contributed by atoms with E-state index in [9.17, 15) is 30.7 Å². The fourth-order valence-corrected chi connectivity index (χ4v) is 2.84. The van der Waals surface area contributed by atoms with Crippen LogP contribution >= 0.6 is 11.5 Å². The standard InChI is InChI=1S/C13H9F7N2S/c1-2-7-8(10-6-21-22-23-10)4-3-5-9(7)11(14,12(15,16)17)13(18,19)20/h3-6H,2H2,1H3. The molecule has 0 radical (unpaired) electrons. The number of rotatable bonds is 3. The third-order valence-corrected chi connectivity index (χ3v) is 4.01. The smallest absolute Gasteiger partial charge is 0.218 e. The summed E-state index contributed by atoms with van der Waals surface area (Å²) in [5.41, 5.74) is -7.23. The lowest BCUT2D eigenvalue weighted by atomic mass is 9.86. The first-order valence-electron chi connectivity index (χ1n) is 6.26.